The van der Waals surface area contributed by atoms with Gasteiger partial charge < -0.3 is 10.5 Å². The topological polar surface area (TPSA) is 48.1 Å². The summed E-state index contributed by atoms with van der Waals surface area (Å²) in [4.78, 5) is 4.44. The lowest BCUT2D eigenvalue weighted by Gasteiger charge is -2.23. The van der Waals surface area contributed by atoms with Crippen molar-refractivity contribution >= 4 is 10.9 Å². The highest BCUT2D eigenvalue weighted by Gasteiger charge is 2.20. The van der Waals surface area contributed by atoms with E-state index in [2.05, 4.69) is 24.0 Å². The maximum atomic E-state index is 6.34. The Morgan fingerprint density at radius 2 is 2.06 bits per heavy atom. The first-order valence-corrected chi connectivity index (χ1v) is 6.40. The molecule has 0 fully saturated rings. The van der Waals surface area contributed by atoms with E-state index in [0.29, 0.717) is 0 Å². The average Bonchev–Trinajstić information content (AvgIpc) is 2.43. The molecule has 1 aromatic heterocycles. The predicted octanol–water partition coefficient (Wildman–Crippen LogP) is 3.05. The number of ether oxygens (including phenoxy) is 1. The lowest BCUT2D eigenvalue weighted by molar-refractivity contribution is 0.0728. The Morgan fingerprint density at radius 1 is 1.28 bits per heavy atom. The van der Waals surface area contributed by atoms with E-state index in [1.54, 1.807) is 13.3 Å². The van der Waals surface area contributed by atoms with Crippen molar-refractivity contribution in [3.8, 4) is 0 Å². The zero-order chi connectivity index (χ0) is 13.0. The first-order valence-electron chi connectivity index (χ1n) is 6.40. The van der Waals surface area contributed by atoms with Gasteiger partial charge in [-0.1, -0.05) is 37.6 Å². The molecule has 0 amide bonds. The molecular formula is C15H20N2O. The van der Waals surface area contributed by atoms with E-state index < -0.39 is 0 Å². The van der Waals surface area contributed by atoms with Crippen LogP contribution in [0.1, 0.15) is 31.4 Å². The van der Waals surface area contributed by atoms with Gasteiger partial charge in [0.2, 0.25) is 0 Å². The summed E-state index contributed by atoms with van der Waals surface area (Å²) in [5.74, 6) is 0. The van der Waals surface area contributed by atoms with Crippen LogP contribution in [0, 0.1) is 0 Å². The minimum absolute atomic E-state index is 0.0441. The molecule has 0 aliphatic heterocycles. The van der Waals surface area contributed by atoms with Gasteiger partial charge in [0, 0.05) is 18.7 Å². The van der Waals surface area contributed by atoms with Crippen LogP contribution in [0.25, 0.3) is 10.9 Å². The third-order valence-electron chi connectivity index (χ3n) is 3.30. The third kappa shape index (κ3) is 2.52. The summed E-state index contributed by atoms with van der Waals surface area (Å²) in [5.41, 5.74) is 8.38. The maximum absolute atomic E-state index is 6.34. The Kier molecular flexibility index (Phi) is 4.28. The molecule has 18 heavy (non-hydrogen) atoms. The molecule has 0 aliphatic rings. The van der Waals surface area contributed by atoms with Crippen LogP contribution in [0.3, 0.4) is 0 Å². The Hall–Kier alpha value is -1.45. The van der Waals surface area contributed by atoms with Crippen molar-refractivity contribution in [2.45, 2.75) is 31.9 Å². The fourth-order valence-electron chi connectivity index (χ4n) is 2.33. The number of hydrogen-bond donors (Lipinski definition) is 1. The normalized spacial score (nSPS) is 14.6. The van der Waals surface area contributed by atoms with Crippen molar-refractivity contribution in [2.24, 2.45) is 5.73 Å². The van der Waals surface area contributed by atoms with E-state index >= 15 is 0 Å². The van der Waals surface area contributed by atoms with Gasteiger partial charge in [-0.15, -0.1) is 0 Å². The zero-order valence-corrected chi connectivity index (χ0v) is 11.0. The molecule has 2 rings (SSSR count). The Balaban J connectivity index is 2.40. The molecule has 3 heteroatoms. The summed E-state index contributed by atoms with van der Waals surface area (Å²) in [6.07, 6.45) is 3.87. The molecule has 1 heterocycles. The molecule has 0 spiro atoms. The van der Waals surface area contributed by atoms with Gasteiger partial charge in [-0.25, -0.2) is 0 Å². The number of para-hydroxylation sites is 1. The number of aromatic nitrogens is 1. The minimum atomic E-state index is -0.131. The van der Waals surface area contributed by atoms with E-state index in [9.17, 15) is 0 Å². The molecule has 0 radical (unpaired) electrons. The van der Waals surface area contributed by atoms with E-state index in [4.69, 9.17) is 10.5 Å². The van der Waals surface area contributed by atoms with Gasteiger partial charge in [-0.2, -0.15) is 0 Å². The maximum Gasteiger partial charge on any atom is 0.0764 e. The number of fused-ring (bicyclic) bond motifs is 1. The van der Waals surface area contributed by atoms with E-state index in [1.807, 2.05) is 18.2 Å². The smallest absolute Gasteiger partial charge is 0.0764 e. The second-order valence-electron chi connectivity index (χ2n) is 4.51. The molecule has 0 aliphatic carbocycles. The van der Waals surface area contributed by atoms with Crippen molar-refractivity contribution in [1.29, 1.82) is 0 Å². The second kappa shape index (κ2) is 5.94. The van der Waals surface area contributed by atoms with Crippen LogP contribution < -0.4 is 5.73 Å². The summed E-state index contributed by atoms with van der Waals surface area (Å²) >= 11 is 0. The first-order chi connectivity index (χ1) is 8.77. The molecule has 96 valence electrons. The van der Waals surface area contributed by atoms with Crippen molar-refractivity contribution in [1.82, 2.24) is 4.98 Å². The molecule has 2 N–H and O–H groups in total. The number of rotatable bonds is 5. The van der Waals surface area contributed by atoms with Crippen LogP contribution in [0.15, 0.2) is 36.5 Å². The standard InChI is InChI=1S/C15H20N2O/c1-3-6-13(18-2)14(16)12-9-4-7-11-8-5-10-17-15(11)12/h4-5,7-10,13-14H,3,6,16H2,1-2H3. The van der Waals surface area contributed by atoms with Gasteiger partial charge in [0.25, 0.3) is 0 Å². The highest BCUT2D eigenvalue weighted by Crippen LogP contribution is 2.25. The first kappa shape index (κ1) is 13.0. The largest absolute Gasteiger partial charge is 0.379 e. The fraction of sp³-hybridized carbons (Fsp3) is 0.400. The van der Waals surface area contributed by atoms with Crippen LogP contribution in [0.5, 0.6) is 0 Å². The number of hydrogen-bond acceptors (Lipinski definition) is 3. The molecule has 2 unspecified atom stereocenters. The Morgan fingerprint density at radius 3 is 2.78 bits per heavy atom. The number of nitrogens with two attached hydrogens (primary N) is 1. The number of pyridine rings is 1. The van der Waals surface area contributed by atoms with Crippen molar-refractivity contribution in [2.75, 3.05) is 7.11 Å². The van der Waals surface area contributed by atoms with Crippen molar-refractivity contribution in [3.63, 3.8) is 0 Å². The van der Waals surface area contributed by atoms with Gasteiger partial charge in [-0.05, 0) is 18.1 Å². The lowest BCUT2D eigenvalue weighted by atomic mass is 9.96. The minimum Gasteiger partial charge on any atom is -0.379 e. The molecule has 0 bridgehead atoms. The molecular weight excluding hydrogens is 224 g/mol. The number of nitrogens with zero attached hydrogens (tertiary/aromatic N) is 1. The zero-order valence-electron chi connectivity index (χ0n) is 11.0. The summed E-state index contributed by atoms with van der Waals surface area (Å²) in [6.45, 7) is 2.14. The molecule has 1 aromatic carbocycles. The highest BCUT2D eigenvalue weighted by molar-refractivity contribution is 5.82. The third-order valence-corrected chi connectivity index (χ3v) is 3.30. The lowest BCUT2D eigenvalue weighted by Crippen LogP contribution is -2.28. The summed E-state index contributed by atoms with van der Waals surface area (Å²) in [6, 6.07) is 9.99. The molecule has 2 atom stereocenters. The predicted molar refractivity (Wildman–Crippen MR) is 74.4 cm³/mol. The summed E-state index contributed by atoms with van der Waals surface area (Å²) < 4.78 is 5.50. The molecule has 0 saturated heterocycles. The van der Waals surface area contributed by atoms with E-state index in [0.717, 1.165) is 29.3 Å². The number of benzene rings is 1. The van der Waals surface area contributed by atoms with Crippen molar-refractivity contribution in [3.05, 3.63) is 42.1 Å². The van der Waals surface area contributed by atoms with Crippen molar-refractivity contribution < 1.29 is 4.74 Å². The van der Waals surface area contributed by atoms with Crippen LogP contribution in [0.2, 0.25) is 0 Å². The van der Waals surface area contributed by atoms with Gasteiger partial charge in [0.15, 0.2) is 0 Å². The van der Waals surface area contributed by atoms with E-state index in [-0.39, 0.29) is 12.1 Å². The summed E-state index contributed by atoms with van der Waals surface area (Å²) in [5, 5.41) is 1.12. The molecule has 3 nitrogen and oxygen atoms in total. The quantitative estimate of drug-likeness (QED) is 0.879. The molecule has 0 saturated carbocycles. The van der Waals surface area contributed by atoms with Gasteiger partial charge in [0.05, 0.1) is 17.7 Å². The SMILES string of the molecule is CCCC(OC)C(N)c1cccc2cccnc12. The van der Waals surface area contributed by atoms with Crippen LogP contribution >= 0.6 is 0 Å². The van der Waals surface area contributed by atoms with Gasteiger partial charge in [0.1, 0.15) is 0 Å². The van der Waals surface area contributed by atoms with Crippen LogP contribution in [-0.2, 0) is 4.74 Å². The van der Waals surface area contributed by atoms with Gasteiger partial charge in [-0.3, -0.25) is 4.98 Å². The van der Waals surface area contributed by atoms with Crippen LogP contribution in [0.4, 0.5) is 0 Å². The number of methoxy groups -OCH3 is 1. The van der Waals surface area contributed by atoms with Crippen LogP contribution in [-0.4, -0.2) is 18.2 Å². The highest BCUT2D eigenvalue weighted by atomic mass is 16.5. The average molecular weight is 244 g/mol. The second-order valence-corrected chi connectivity index (χ2v) is 4.51. The Bertz CT molecular complexity index is 507. The Labute approximate surface area is 108 Å². The summed E-state index contributed by atoms with van der Waals surface area (Å²) in [7, 11) is 1.72. The monoisotopic (exact) mass is 244 g/mol. The fourth-order valence-corrected chi connectivity index (χ4v) is 2.33. The van der Waals surface area contributed by atoms with E-state index in [1.165, 1.54) is 0 Å². The molecule has 2 aromatic rings. The van der Waals surface area contributed by atoms with Gasteiger partial charge >= 0.3 is 0 Å².